The average Bonchev–Trinajstić information content (AvgIpc) is 2.66. The minimum atomic E-state index is -4.30. The molecule has 0 bridgehead atoms. The van der Waals surface area contributed by atoms with Crippen LogP contribution in [-0.2, 0) is 10.1 Å². The molecular weight excluding hydrogens is 364 g/mol. The number of phenols is 1. The molecule has 1 unspecified atom stereocenters. The summed E-state index contributed by atoms with van der Waals surface area (Å²) in [6.07, 6.45) is 1.05. The van der Waals surface area contributed by atoms with Crippen LogP contribution in [0.2, 0.25) is 0 Å². The number of hydrogen-bond acceptors (Lipinski definition) is 5. The van der Waals surface area contributed by atoms with Crippen molar-refractivity contribution >= 4 is 32.3 Å². The predicted octanol–water partition coefficient (Wildman–Crippen LogP) is 5.72. The lowest BCUT2D eigenvalue weighted by Crippen LogP contribution is -1.97. The first-order valence-electron chi connectivity index (χ1n) is 8.54. The zero-order valence-electron chi connectivity index (χ0n) is 15.0. The zero-order chi connectivity index (χ0) is 19.6. The molecule has 27 heavy (non-hydrogen) atoms. The highest BCUT2D eigenvalue weighted by molar-refractivity contribution is 7.85. The molecule has 0 aliphatic heterocycles. The molecule has 0 aliphatic carbocycles. The van der Waals surface area contributed by atoms with Gasteiger partial charge >= 0.3 is 0 Å². The smallest absolute Gasteiger partial charge is 0.294 e. The van der Waals surface area contributed by atoms with E-state index in [4.69, 9.17) is 0 Å². The third kappa shape index (κ3) is 4.15. The van der Waals surface area contributed by atoms with Crippen LogP contribution in [0.3, 0.4) is 0 Å². The molecule has 0 heterocycles. The summed E-state index contributed by atoms with van der Waals surface area (Å²) in [6, 6.07) is 14.8. The van der Waals surface area contributed by atoms with Crippen molar-refractivity contribution in [2.75, 3.05) is 0 Å². The van der Waals surface area contributed by atoms with Crippen molar-refractivity contribution in [2.24, 2.45) is 10.2 Å². The van der Waals surface area contributed by atoms with Crippen molar-refractivity contribution in [2.45, 2.75) is 31.1 Å². The van der Waals surface area contributed by atoms with E-state index in [2.05, 4.69) is 24.1 Å². The third-order valence-corrected chi connectivity index (χ3v) is 5.43. The summed E-state index contributed by atoms with van der Waals surface area (Å²) in [7, 11) is -4.30. The fourth-order valence-corrected chi connectivity index (χ4v) is 3.27. The number of nitrogens with zero attached hydrogens (tertiary/aromatic N) is 2. The maximum atomic E-state index is 11.3. The van der Waals surface area contributed by atoms with Gasteiger partial charge in [0.25, 0.3) is 10.1 Å². The monoisotopic (exact) mass is 384 g/mol. The van der Waals surface area contributed by atoms with Crippen LogP contribution < -0.4 is 0 Å². The second-order valence-electron chi connectivity index (χ2n) is 6.39. The fraction of sp³-hybridized carbons (Fsp3) is 0.200. The van der Waals surface area contributed by atoms with Gasteiger partial charge in [-0.25, -0.2) is 0 Å². The molecule has 3 aromatic carbocycles. The van der Waals surface area contributed by atoms with E-state index >= 15 is 0 Å². The molecule has 7 heteroatoms. The Kier molecular flexibility index (Phi) is 5.25. The van der Waals surface area contributed by atoms with Gasteiger partial charge in [0.2, 0.25) is 0 Å². The molecular formula is C20H20N2O4S. The van der Waals surface area contributed by atoms with Gasteiger partial charge in [-0.05, 0) is 53.6 Å². The summed E-state index contributed by atoms with van der Waals surface area (Å²) < 4.78 is 31.8. The van der Waals surface area contributed by atoms with E-state index in [0.29, 0.717) is 22.4 Å². The van der Waals surface area contributed by atoms with E-state index in [0.717, 1.165) is 6.42 Å². The second kappa shape index (κ2) is 7.46. The summed E-state index contributed by atoms with van der Waals surface area (Å²) in [5.74, 6) is 0.400. The highest BCUT2D eigenvalue weighted by Crippen LogP contribution is 2.37. The molecule has 140 valence electrons. The Morgan fingerprint density at radius 2 is 1.70 bits per heavy atom. The molecule has 0 saturated heterocycles. The van der Waals surface area contributed by atoms with E-state index in [9.17, 15) is 18.1 Å². The van der Waals surface area contributed by atoms with Crippen LogP contribution in [-0.4, -0.2) is 18.1 Å². The number of benzene rings is 3. The van der Waals surface area contributed by atoms with Crippen molar-refractivity contribution in [3.8, 4) is 5.75 Å². The maximum absolute atomic E-state index is 11.3. The van der Waals surface area contributed by atoms with Gasteiger partial charge in [-0.2, -0.15) is 13.5 Å². The normalized spacial score (nSPS) is 13.3. The van der Waals surface area contributed by atoms with Gasteiger partial charge in [-0.1, -0.05) is 38.1 Å². The molecule has 0 radical (unpaired) electrons. The quantitative estimate of drug-likeness (QED) is 0.434. The first-order chi connectivity index (χ1) is 12.8. The summed E-state index contributed by atoms with van der Waals surface area (Å²) >= 11 is 0. The van der Waals surface area contributed by atoms with Crippen LogP contribution in [0.5, 0.6) is 5.75 Å². The van der Waals surface area contributed by atoms with E-state index in [1.807, 2.05) is 24.3 Å². The third-order valence-electron chi connectivity index (χ3n) is 4.58. The lowest BCUT2D eigenvalue weighted by Gasteiger charge is -2.08. The Hall–Kier alpha value is -2.77. The predicted molar refractivity (Wildman–Crippen MR) is 105 cm³/mol. The van der Waals surface area contributed by atoms with Crippen molar-refractivity contribution in [1.82, 2.24) is 0 Å². The Labute approximate surface area is 157 Å². The lowest BCUT2D eigenvalue weighted by atomic mass is 9.99. The van der Waals surface area contributed by atoms with Gasteiger partial charge in [-0.15, -0.1) is 5.11 Å². The van der Waals surface area contributed by atoms with Crippen molar-refractivity contribution in [1.29, 1.82) is 0 Å². The first-order valence-corrected chi connectivity index (χ1v) is 9.98. The van der Waals surface area contributed by atoms with Crippen LogP contribution in [0, 0.1) is 0 Å². The number of phenolic OH excluding ortho intramolecular Hbond substituents is 1. The molecule has 6 nitrogen and oxygen atoms in total. The molecule has 1 atom stereocenters. The Bertz CT molecular complexity index is 1110. The minimum Gasteiger partial charge on any atom is -0.506 e. The van der Waals surface area contributed by atoms with Crippen LogP contribution in [0.4, 0.5) is 11.4 Å². The van der Waals surface area contributed by atoms with Gasteiger partial charge in [0.05, 0.1) is 10.6 Å². The molecule has 0 spiro atoms. The average molecular weight is 384 g/mol. The number of azo groups is 1. The molecule has 0 amide bonds. The SMILES string of the molecule is CCC(C)c1ccc(N=Nc2c(O)ccc3cc(S(=O)(=O)O)ccc23)cc1. The number of fused-ring (bicyclic) bond motifs is 1. The Morgan fingerprint density at radius 3 is 2.33 bits per heavy atom. The maximum Gasteiger partial charge on any atom is 0.294 e. The number of aromatic hydroxyl groups is 1. The number of rotatable bonds is 5. The van der Waals surface area contributed by atoms with Crippen LogP contribution in [0.25, 0.3) is 10.8 Å². The van der Waals surface area contributed by atoms with Crippen molar-refractivity contribution in [3.05, 3.63) is 60.2 Å². The Balaban J connectivity index is 1.98. The van der Waals surface area contributed by atoms with E-state index in [1.54, 1.807) is 6.07 Å². The summed E-state index contributed by atoms with van der Waals surface area (Å²) in [5.41, 5.74) is 2.11. The highest BCUT2D eigenvalue weighted by Gasteiger charge is 2.13. The molecule has 0 aromatic heterocycles. The van der Waals surface area contributed by atoms with E-state index < -0.39 is 10.1 Å². The molecule has 0 saturated carbocycles. The molecule has 3 aromatic rings. The van der Waals surface area contributed by atoms with E-state index in [1.165, 1.54) is 29.8 Å². The highest BCUT2D eigenvalue weighted by atomic mass is 32.2. The first kappa shape index (κ1) is 19.0. The zero-order valence-corrected chi connectivity index (χ0v) is 15.8. The minimum absolute atomic E-state index is 0.0675. The fourth-order valence-electron chi connectivity index (χ4n) is 2.76. The summed E-state index contributed by atoms with van der Waals surface area (Å²) in [4.78, 5) is -0.218. The molecule has 0 aliphatic rings. The van der Waals surface area contributed by atoms with Gasteiger partial charge < -0.3 is 5.11 Å². The van der Waals surface area contributed by atoms with Crippen LogP contribution >= 0.6 is 0 Å². The van der Waals surface area contributed by atoms with Crippen molar-refractivity contribution < 1.29 is 18.1 Å². The summed E-state index contributed by atoms with van der Waals surface area (Å²) in [5, 5.41) is 19.5. The second-order valence-corrected chi connectivity index (χ2v) is 7.81. The largest absolute Gasteiger partial charge is 0.506 e. The van der Waals surface area contributed by atoms with Gasteiger partial charge in [0, 0.05) is 5.39 Å². The molecule has 0 fully saturated rings. The molecule has 3 rings (SSSR count). The van der Waals surface area contributed by atoms with E-state index in [-0.39, 0.29) is 16.3 Å². The van der Waals surface area contributed by atoms with Gasteiger partial charge in [0.1, 0.15) is 11.4 Å². The Morgan fingerprint density at radius 1 is 1.00 bits per heavy atom. The van der Waals surface area contributed by atoms with Gasteiger partial charge in [-0.3, -0.25) is 4.55 Å². The number of hydrogen-bond donors (Lipinski definition) is 2. The van der Waals surface area contributed by atoms with Crippen molar-refractivity contribution in [3.63, 3.8) is 0 Å². The van der Waals surface area contributed by atoms with Crippen LogP contribution in [0.1, 0.15) is 31.7 Å². The lowest BCUT2D eigenvalue weighted by molar-refractivity contribution is 0.477. The summed E-state index contributed by atoms with van der Waals surface area (Å²) in [6.45, 7) is 4.29. The topological polar surface area (TPSA) is 99.3 Å². The molecule has 2 N–H and O–H groups in total. The standard InChI is InChI=1S/C20H20N2O4S/c1-3-13(2)14-4-7-16(8-5-14)21-22-20-18-10-9-17(27(24,25)26)12-15(18)6-11-19(20)23/h4-13,23H,3H2,1-2H3,(H,24,25,26). The van der Waals surface area contributed by atoms with Gasteiger partial charge in [0.15, 0.2) is 0 Å². The van der Waals surface area contributed by atoms with Crippen LogP contribution in [0.15, 0.2) is 69.7 Å².